The van der Waals surface area contributed by atoms with Crippen LogP contribution in [0.3, 0.4) is 0 Å². The molecule has 0 radical (unpaired) electrons. The topological polar surface area (TPSA) is 56.0 Å². The number of rotatable bonds is 7. The molecule has 1 amide bonds. The standard InChI is InChI=1S/C15H21N5O/c1-5-8-19(9-6-2)14(21)7-10-20-15-12(3)17-18(4)13(15)11-16-20/h5-6,11H,1-2,7-10H2,3-4H3. The highest BCUT2D eigenvalue weighted by molar-refractivity contribution is 5.79. The van der Waals surface area contributed by atoms with Gasteiger partial charge in [-0.3, -0.25) is 14.2 Å². The Hall–Kier alpha value is -2.37. The lowest BCUT2D eigenvalue weighted by Gasteiger charge is -2.19. The van der Waals surface area contributed by atoms with Gasteiger partial charge in [0.2, 0.25) is 5.91 Å². The third kappa shape index (κ3) is 3.04. The van der Waals surface area contributed by atoms with Gasteiger partial charge < -0.3 is 4.90 Å². The second-order valence-electron chi connectivity index (χ2n) is 4.94. The lowest BCUT2D eigenvalue weighted by atomic mass is 10.3. The van der Waals surface area contributed by atoms with E-state index in [0.29, 0.717) is 26.1 Å². The van der Waals surface area contributed by atoms with E-state index >= 15 is 0 Å². The largest absolute Gasteiger partial charge is 0.335 e. The molecule has 6 nitrogen and oxygen atoms in total. The zero-order chi connectivity index (χ0) is 15.4. The summed E-state index contributed by atoms with van der Waals surface area (Å²) < 4.78 is 3.65. The summed E-state index contributed by atoms with van der Waals surface area (Å²) in [4.78, 5) is 13.9. The highest BCUT2D eigenvalue weighted by Gasteiger charge is 2.14. The van der Waals surface area contributed by atoms with Crippen molar-refractivity contribution in [1.29, 1.82) is 0 Å². The van der Waals surface area contributed by atoms with E-state index < -0.39 is 0 Å². The minimum atomic E-state index is 0.0694. The maximum atomic E-state index is 12.2. The molecule has 0 aliphatic heterocycles. The van der Waals surface area contributed by atoms with Crippen molar-refractivity contribution in [2.75, 3.05) is 13.1 Å². The Balaban J connectivity index is 2.08. The summed E-state index contributed by atoms with van der Waals surface area (Å²) >= 11 is 0. The van der Waals surface area contributed by atoms with E-state index in [1.807, 2.05) is 18.7 Å². The monoisotopic (exact) mass is 287 g/mol. The van der Waals surface area contributed by atoms with Crippen LogP contribution in [0.2, 0.25) is 0 Å². The minimum absolute atomic E-state index is 0.0694. The average molecular weight is 287 g/mol. The molecule has 0 aliphatic carbocycles. The van der Waals surface area contributed by atoms with E-state index in [0.717, 1.165) is 16.7 Å². The van der Waals surface area contributed by atoms with Gasteiger partial charge >= 0.3 is 0 Å². The van der Waals surface area contributed by atoms with E-state index in [1.165, 1.54) is 0 Å². The van der Waals surface area contributed by atoms with E-state index in [2.05, 4.69) is 23.4 Å². The van der Waals surface area contributed by atoms with Crippen LogP contribution in [-0.4, -0.2) is 43.5 Å². The minimum Gasteiger partial charge on any atom is -0.335 e. The van der Waals surface area contributed by atoms with Gasteiger partial charge in [0.1, 0.15) is 11.0 Å². The molecule has 0 aliphatic rings. The summed E-state index contributed by atoms with van der Waals surface area (Å²) in [7, 11) is 1.89. The van der Waals surface area contributed by atoms with Crippen molar-refractivity contribution in [1.82, 2.24) is 24.5 Å². The van der Waals surface area contributed by atoms with Crippen molar-refractivity contribution in [3.63, 3.8) is 0 Å². The number of hydrogen-bond acceptors (Lipinski definition) is 3. The van der Waals surface area contributed by atoms with Crippen molar-refractivity contribution in [2.24, 2.45) is 7.05 Å². The van der Waals surface area contributed by atoms with Crippen molar-refractivity contribution in [3.8, 4) is 0 Å². The summed E-state index contributed by atoms with van der Waals surface area (Å²) in [5, 5.41) is 8.71. The summed E-state index contributed by atoms with van der Waals surface area (Å²) in [6.45, 7) is 10.9. The fourth-order valence-electron chi connectivity index (χ4n) is 2.43. The fraction of sp³-hybridized carbons (Fsp3) is 0.400. The third-order valence-corrected chi connectivity index (χ3v) is 3.40. The Bertz CT molecular complexity index is 657. The Morgan fingerprint density at radius 3 is 2.67 bits per heavy atom. The quantitative estimate of drug-likeness (QED) is 0.728. The number of aromatic nitrogens is 4. The van der Waals surface area contributed by atoms with Crippen LogP contribution in [0.5, 0.6) is 0 Å². The van der Waals surface area contributed by atoms with Crippen LogP contribution in [0.15, 0.2) is 31.5 Å². The van der Waals surface area contributed by atoms with E-state index in [-0.39, 0.29) is 5.91 Å². The molecule has 0 saturated heterocycles. The molecule has 0 spiro atoms. The molecule has 0 aromatic carbocycles. The Kier molecular flexibility index (Phi) is 4.57. The summed E-state index contributed by atoms with van der Waals surface area (Å²) in [6.07, 6.45) is 5.62. The third-order valence-electron chi connectivity index (χ3n) is 3.40. The smallest absolute Gasteiger partial charge is 0.224 e. The molecule has 0 atom stereocenters. The van der Waals surface area contributed by atoms with Crippen LogP contribution >= 0.6 is 0 Å². The van der Waals surface area contributed by atoms with Crippen molar-refractivity contribution in [3.05, 3.63) is 37.2 Å². The molecule has 6 heteroatoms. The molecule has 2 aromatic heterocycles. The van der Waals surface area contributed by atoms with Crippen molar-refractivity contribution >= 4 is 16.9 Å². The van der Waals surface area contributed by atoms with Crippen LogP contribution in [0.4, 0.5) is 0 Å². The van der Waals surface area contributed by atoms with Gasteiger partial charge in [0.05, 0.1) is 18.4 Å². The van der Waals surface area contributed by atoms with Gasteiger partial charge in [-0.15, -0.1) is 13.2 Å². The predicted octanol–water partition coefficient (Wildman–Crippen LogP) is 1.67. The summed E-state index contributed by atoms with van der Waals surface area (Å²) in [5.41, 5.74) is 2.89. The maximum absolute atomic E-state index is 12.2. The highest BCUT2D eigenvalue weighted by Crippen LogP contribution is 2.17. The molecule has 112 valence electrons. The summed E-state index contributed by atoms with van der Waals surface area (Å²) in [6, 6.07) is 0. The van der Waals surface area contributed by atoms with Crippen LogP contribution < -0.4 is 0 Å². The molecule has 2 heterocycles. The maximum Gasteiger partial charge on any atom is 0.224 e. The Morgan fingerprint density at radius 2 is 2.05 bits per heavy atom. The number of hydrogen-bond donors (Lipinski definition) is 0. The number of fused-ring (bicyclic) bond motifs is 1. The van der Waals surface area contributed by atoms with Gasteiger partial charge in [-0.25, -0.2) is 0 Å². The van der Waals surface area contributed by atoms with Crippen molar-refractivity contribution < 1.29 is 4.79 Å². The molecule has 0 unspecified atom stereocenters. The first kappa shape index (κ1) is 15.0. The van der Waals surface area contributed by atoms with Gasteiger partial charge in [-0.2, -0.15) is 10.2 Å². The first-order chi connectivity index (χ1) is 10.1. The number of carbonyl (C=O) groups excluding carboxylic acids is 1. The lowest BCUT2D eigenvalue weighted by Crippen LogP contribution is -2.32. The van der Waals surface area contributed by atoms with Gasteiger partial charge in [-0.05, 0) is 6.92 Å². The van der Waals surface area contributed by atoms with Gasteiger partial charge in [0.25, 0.3) is 0 Å². The lowest BCUT2D eigenvalue weighted by molar-refractivity contribution is -0.130. The normalized spacial score (nSPS) is 10.8. The van der Waals surface area contributed by atoms with Crippen LogP contribution in [0.25, 0.3) is 11.0 Å². The predicted molar refractivity (Wildman–Crippen MR) is 82.8 cm³/mol. The fourth-order valence-corrected chi connectivity index (χ4v) is 2.43. The van der Waals surface area contributed by atoms with Gasteiger partial charge in [-0.1, -0.05) is 12.2 Å². The van der Waals surface area contributed by atoms with Crippen LogP contribution in [0.1, 0.15) is 12.1 Å². The van der Waals surface area contributed by atoms with E-state index in [1.54, 1.807) is 27.9 Å². The SMILES string of the molecule is C=CCN(CC=C)C(=O)CCn1ncc2c1c(C)nn2C. The second-order valence-corrected chi connectivity index (χ2v) is 4.94. The Labute approximate surface area is 124 Å². The van der Waals surface area contributed by atoms with Crippen LogP contribution in [0, 0.1) is 6.92 Å². The van der Waals surface area contributed by atoms with E-state index in [9.17, 15) is 4.79 Å². The number of carbonyl (C=O) groups is 1. The molecular formula is C15H21N5O. The van der Waals surface area contributed by atoms with Crippen molar-refractivity contribution in [2.45, 2.75) is 19.9 Å². The molecule has 0 N–H and O–H groups in total. The molecule has 2 rings (SSSR count). The molecule has 0 fully saturated rings. The number of amides is 1. The second kappa shape index (κ2) is 6.39. The zero-order valence-electron chi connectivity index (χ0n) is 12.6. The molecule has 0 bridgehead atoms. The summed E-state index contributed by atoms with van der Waals surface area (Å²) in [5.74, 6) is 0.0694. The van der Waals surface area contributed by atoms with E-state index in [4.69, 9.17) is 0 Å². The Morgan fingerprint density at radius 1 is 1.38 bits per heavy atom. The highest BCUT2D eigenvalue weighted by atomic mass is 16.2. The number of aryl methyl sites for hydroxylation is 3. The molecular weight excluding hydrogens is 266 g/mol. The first-order valence-corrected chi connectivity index (χ1v) is 6.93. The van der Waals surface area contributed by atoms with Gasteiger partial charge in [0, 0.05) is 26.6 Å². The zero-order valence-corrected chi connectivity index (χ0v) is 12.6. The van der Waals surface area contributed by atoms with Gasteiger partial charge in [0.15, 0.2) is 0 Å². The average Bonchev–Trinajstić information content (AvgIpc) is 2.99. The molecule has 0 saturated carbocycles. The first-order valence-electron chi connectivity index (χ1n) is 6.93. The van der Waals surface area contributed by atoms with Crippen LogP contribution in [-0.2, 0) is 18.4 Å². The number of nitrogens with zero attached hydrogens (tertiary/aromatic N) is 5. The molecule has 2 aromatic rings. The molecule has 21 heavy (non-hydrogen) atoms.